The van der Waals surface area contributed by atoms with E-state index in [1.54, 1.807) is 25.1 Å². The molecule has 1 aromatic heterocycles. The molecule has 4 rings (SSSR count). The lowest BCUT2D eigenvalue weighted by molar-refractivity contribution is -0.141. The number of hydrogen-bond donors (Lipinski definition) is 2. The van der Waals surface area contributed by atoms with Crippen molar-refractivity contribution in [3.63, 3.8) is 0 Å². The van der Waals surface area contributed by atoms with Crippen molar-refractivity contribution in [2.45, 2.75) is 25.2 Å². The number of carboxylic acid groups (broad SMARTS) is 1. The maximum Gasteiger partial charge on any atom is 0.308 e. The summed E-state index contributed by atoms with van der Waals surface area (Å²) in [6.07, 6.45) is -0.0759. The number of carboxylic acids is 1. The highest BCUT2D eigenvalue weighted by Crippen LogP contribution is 2.27. The Hall–Kier alpha value is -3.80. The number of anilines is 2. The first-order valence-corrected chi connectivity index (χ1v) is 11.2. The van der Waals surface area contributed by atoms with Gasteiger partial charge in [-0.15, -0.1) is 5.10 Å². The SMILES string of the molecule is Cc1ccc(NS(=O)(=O)c2ccc(N3CC(C(=O)O)CC3=O)cc2)cc1-n1nnnc1C. The third-order valence-electron chi connectivity index (χ3n) is 5.25. The van der Waals surface area contributed by atoms with E-state index < -0.39 is 21.9 Å². The first kappa shape index (κ1) is 21.4. The number of carbonyl (C=O) groups is 2. The summed E-state index contributed by atoms with van der Waals surface area (Å²) in [5, 5.41) is 20.5. The molecule has 1 aliphatic rings. The number of carbonyl (C=O) groups excluding carboxylic acids is 1. The number of aliphatic carboxylic acids is 1. The number of benzene rings is 2. The molecule has 0 radical (unpaired) electrons. The molecule has 0 spiro atoms. The number of nitrogens with zero attached hydrogens (tertiary/aromatic N) is 5. The van der Waals surface area contributed by atoms with Crippen molar-refractivity contribution in [1.29, 1.82) is 0 Å². The van der Waals surface area contributed by atoms with Gasteiger partial charge >= 0.3 is 5.97 Å². The topological polar surface area (TPSA) is 147 Å². The van der Waals surface area contributed by atoms with E-state index in [1.165, 1.54) is 33.8 Å². The summed E-state index contributed by atoms with van der Waals surface area (Å²) < 4.78 is 29.8. The van der Waals surface area contributed by atoms with Crippen molar-refractivity contribution in [3.05, 3.63) is 53.9 Å². The van der Waals surface area contributed by atoms with E-state index in [9.17, 15) is 18.0 Å². The fraction of sp³-hybridized carbons (Fsp3) is 0.250. The van der Waals surface area contributed by atoms with Crippen molar-refractivity contribution >= 4 is 33.3 Å². The molecule has 11 nitrogen and oxygen atoms in total. The fourth-order valence-corrected chi connectivity index (χ4v) is 4.55. The van der Waals surface area contributed by atoms with Gasteiger partial charge in [0, 0.05) is 18.7 Å². The Morgan fingerprint density at radius 2 is 1.88 bits per heavy atom. The lowest BCUT2D eigenvalue weighted by Gasteiger charge is -2.17. The van der Waals surface area contributed by atoms with E-state index in [4.69, 9.17) is 5.11 Å². The summed E-state index contributed by atoms with van der Waals surface area (Å²) in [6.45, 7) is 3.66. The minimum Gasteiger partial charge on any atom is -0.481 e. The Balaban J connectivity index is 1.55. The van der Waals surface area contributed by atoms with Crippen LogP contribution in [0.25, 0.3) is 5.69 Å². The van der Waals surface area contributed by atoms with E-state index in [2.05, 4.69) is 20.2 Å². The Morgan fingerprint density at radius 1 is 1.16 bits per heavy atom. The second-order valence-corrected chi connectivity index (χ2v) is 9.16. The zero-order valence-electron chi connectivity index (χ0n) is 17.3. The molecule has 2 N–H and O–H groups in total. The maximum atomic E-state index is 12.9. The van der Waals surface area contributed by atoms with Crippen LogP contribution < -0.4 is 9.62 Å². The number of tetrazole rings is 1. The van der Waals surface area contributed by atoms with Crippen LogP contribution in [-0.2, 0) is 19.6 Å². The predicted molar refractivity (Wildman–Crippen MR) is 114 cm³/mol. The zero-order valence-corrected chi connectivity index (χ0v) is 18.1. The maximum absolute atomic E-state index is 12.9. The predicted octanol–water partition coefficient (Wildman–Crippen LogP) is 1.52. The largest absolute Gasteiger partial charge is 0.481 e. The van der Waals surface area contributed by atoms with Gasteiger partial charge in [-0.05, 0) is 66.2 Å². The van der Waals surface area contributed by atoms with Gasteiger partial charge in [-0.3, -0.25) is 14.3 Å². The van der Waals surface area contributed by atoms with Crippen LogP contribution in [0.1, 0.15) is 17.8 Å². The molecule has 1 atom stereocenters. The number of rotatable bonds is 6. The van der Waals surface area contributed by atoms with Crippen LogP contribution >= 0.6 is 0 Å². The molecule has 2 aromatic carbocycles. The molecular weight excluding hydrogens is 436 g/mol. The van der Waals surface area contributed by atoms with Crippen molar-refractivity contribution < 1.29 is 23.1 Å². The summed E-state index contributed by atoms with van der Waals surface area (Å²) >= 11 is 0. The zero-order chi connectivity index (χ0) is 23.0. The summed E-state index contributed by atoms with van der Waals surface area (Å²) in [5.41, 5.74) is 2.29. The van der Waals surface area contributed by atoms with Crippen LogP contribution in [0.15, 0.2) is 47.4 Å². The van der Waals surface area contributed by atoms with Crippen molar-refractivity contribution in [1.82, 2.24) is 20.2 Å². The van der Waals surface area contributed by atoms with Crippen LogP contribution in [0.3, 0.4) is 0 Å². The number of hydrogen-bond acceptors (Lipinski definition) is 7. The van der Waals surface area contributed by atoms with Gasteiger partial charge in [0.1, 0.15) is 0 Å². The quantitative estimate of drug-likeness (QED) is 0.567. The average Bonchev–Trinajstić information content (AvgIpc) is 3.35. The lowest BCUT2D eigenvalue weighted by atomic mass is 10.1. The Bertz CT molecular complexity index is 1300. The number of nitrogens with one attached hydrogen (secondary N) is 1. The summed E-state index contributed by atoms with van der Waals surface area (Å²) in [4.78, 5) is 24.6. The van der Waals surface area contributed by atoms with Gasteiger partial charge in [0.05, 0.1) is 22.2 Å². The summed E-state index contributed by atoms with van der Waals surface area (Å²) in [6, 6.07) is 10.8. The molecule has 32 heavy (non-hydrogen) atoms. The number of aryl methyl sites for hydroxylation is 2. The molecule has 1 aliphatic heterocycles. The summed E-state index contributed by atoms with van der Waals surface area (Å²) in [5.74, 6) is -1.55. The molecule has 3 aromatic rings. The van der Waals surface area contributed by atoms with E-state index in [0.717, 1.165) is 5.56 Å². The van der Waals surface area contributed by atoms with Gasteiger partial charge in [0.15, 0.2) is 5.82 Å². The minimum absolute atomic E-state index is 0.00316. The van der Waals surface area contributed by atoms with E-state index in [-0.39, 0.29) is 23.8 Å². The monoisotopic (exact) mass is 456 g/mol. The van der Waals surface area contributed by atoms with Crippen LogP contribution in [0.5, 0.6) is 0 Å². The van der Waals surface area contributed by atoms with Gasteiger partial charge in [0.25, 0.3) is 10.0 Å². The second-order valence-electron chi connectivity index (χ2n) is 7.48. The number of amides is 1. The molecule has 1 fully saturated rings. The molecule has 1 unspecified atom stereocenters. The molecule has 0 saturated carbocycles. The third kappa shape index (κ3) is 4.04. The van der Waals surface area contributed by atoms with Crippen molar-refractivity contribution in [3.8, 4) is 5.69 Å². The smallest absolute Gasteiger partial charge is 0.308 e. The standard InChI is InChI=1S/C20H20N6O5S/c1-12-3-4-15(10-18(12)26-13(2)21-23-24-26)22-32(30,31)17-7-5-16(6-8-17)25-11-14(20(28)29)9-19(25)27/h3-8,10,14,22H,9,11H2,1-2H3,(H,28,29). The van der Waals surface area contributed by atoms with Gasteiger partial charge in [-0.25, -0.2) is 8.42 Å². The van der Waals surface area contributed by atoms with E-state index in [1.807, 2.05) is 6.92 Å². The Kier molecular flexibility index (Phi) is 5.38. The van der Waals surface area contributed by atoms with Gasteiger partial charge in [-0.2, -0.15) is 4.68 Å². The molecular formula is C20H20N6O5S. The van der Waals surface area contributed by atoms with Crippen LogP contribution in [0.4, 0.5) is 11.4 Å². The highest BCUT2D eigenvalue weighted by atomic mass is 32.2. The van der Waals surface area contributed by atoms with Crippen LogP contribution in [0.2, 0.25) is 0 Å². The molecule has 166 valence electrons. The normalized spacial score (nSPS) is 16.4. The summed E-state index contributed by atoms with van der Waals surface area (Å²) in [7, 11) is -3.91. The lowest BCUT2D eigenvalue weighted by Crippen LogP contribution is -2.25. The average molecular weight is 456 g/mol. The fourth-order valence-electron chi connectivity index (χ4n) is 3.50. The number of aromatic nitrogens is 4. The minimum atomic E-state index is -3.91. The van der Waals surface area contributed by atoms with E-state index >= 15 is 0 Å². The molecule has 0 aliphatic carbocycles. The molecule has 2 heterocycles. The first-order valence-electron chi connectivity index (χ1n) is 9.68. The first-order chi connectivity index (χ1) is 15.2. The van der Waals surface area contributed by atoms with Gasteiger partial charge in [-0.1, -0.05) is 6.07 Å². The number of sulfonamides is 1. The van der Waals surface area contributed by atoms with Gasteiger partial charge in [0.2, 0.25) is 5.91 Å². The highest BCUT2D eigenvalue weighted by Gasteiger charge is 2.35. The molecule has 0 bridgehead atoms. The highest BCUT2D eigenvalue weighted by molar-refractivity contribution is 7.92. The van der Waals surface area contributed by atoms with Crippen LogP contribution in [0, 0.1) is 19.8 Å². The molecule has 12 heteroatoms. The van der Waals surface area contributed by atoms with Crippen molar-refractivity contribution in [2.75, 3.05) is 16.2 Å². The van der Waals surface area contributed by atoms with Gasteiger partial charge < -0.3 is 10.0 Å². The van der Waals surface area contributed by atoms with Crippen molar-refractivity contribution in [2.24, 2.45) is 5.92 Å². The Labute approximate surface area is 183 Å². The third-order valence-corrected chi connectivity index (χ3v) is 6.65. The molecule has 1 saturated heterocycles. The van der Waals surface area contributed by atoms with Crippen LogP contribution in [-0.4, -0.2) is 52.2 Å². The van der Waals surface area contributed by atoms with E-state index in [0.29, 0.717) is 22.9 Å². The Morgan fingerprint density at radius 3 is 2.47 bits per heavy atom. The second kappa shape index (κ2) is 8.04. The molecule has 1 amide bonds.